The minimum Gasteiger partial charge on any atom is -0.390 e. The van der Waals surface area contributed by atoms with Crippen LogP contribution in [0.1, 0.15) is 25.3 Å². The molecule has 1 aromatic heterocycles. The number of carbonyl (C=O) groups excluding carboxylic acids is 2. The Bertz CT molecular complexity index is 1100. The summed E-state index contributed by atoms with van der Waals surface area (Å²) in [5, 5.41) is 19.9. The Morgan fingerprint density at radius 3 is 2.83 bits per heavy atom. The maximum absolute atomic E-state index is 13.5. The van der Waals surface area contributed by atoms with Crippen LogP contribution in [-0.2, 0) is 18.5 Å². The van der Waals surface area contributed by atoms with Gasteiger partial charge in [-0.3, -0.25) is 9.59 Å². The molecule has 0 spiro atoms. The lowest BCUT2D eigenvalue weighted by Gasteiger charge is -2.33. The van der Waals surface area contributed by atoms with E-state index in [1.54, 1.807) is 13.0 Å². The molecule has 2 bridgehead atoms. The molecule has 3 aliphatic heterocycles. The zero-order valence-corrected chi connectivity index (χ0v) is 16.9. The molecule has 9 nitrogen and oxygen atoms in total. The van der Waals surface area contributed by atoms with Gasteiger partial charge in [-0.15, -0.1) is 0 Å². The van der Waals surface area contributed by atoms with E-state index in [4.69, 9.17) is 8.92 Å². The Hall–Kier alpha value is -2.10. The molecular weight excluding hydrogens is 416 g/mol. The first-order valence-corrected chi connectivity index (χ1v) is 10.2. The van der Waals surface area contributed by atoms with E-state index in [1.807, 2.05) is 6.07 Å². The van der Waals surface area contributed by atoms with Crippen LogP contribution < -0.4 is 4.90 Å². The average Bonchev–Trinajstić information content (AvgIpc) is 3.40. The average molecular weight is 432 g/mol. The number of nitriles is 1. The Kier molecular flexibility index (Phi) is 4.04. The SMILES string of the molecule is CC12OC(CCOS)(C[C@@H]1O)[C@H]1C(=O)N(c3ccc(C#N)c4nsnc34)C(=O)[C@H]12. The second kappa shape index (κ2) is 6.20. The lowest BCUT2D eigenvalue weighted by atomic mass is 9.66. The molecule has 0 radical (unpaired) electrons. The zero-order valence-electron chi connectivity index (χ0n) is 15.2. The molecule has 3 aliphatic rings. The van der Waals surface area contributed by atoms with Crippen molar-refractivity contribution in [2.24, 2.45) is 11.8 Å². The predicted molar refractivity (Wildman–Crippen MR) is 104 cm³/mol. The van der Waals surface area contributed by atoms with Gasteiger partial charge in [-0.05, 0) is 32.0 Å². The minimum atomic E-state index is -1.16. The standard InChI is InChI=1S/C18H16N4O5S2/c1-17-10(23)6-18(27-17,4-5-26-28)12-11(17)15(24)22(16(12)25)9-3-2-8(7-19)13-14(9)21-29-20-13/h2-3,10-12,23,28H,4-6H2,1H3/t10-,11-,12+,17?,18?/m0/s1. The summed E-state index contributed by atoms with van der Waals surface area (Å²) in [5.41, 5.74) is -0.830. The molecule has 4 heterocycles. The second-order valence-electron chi connectivity index (χ2n) is 7.83. The third kappa shape index (κ3) is 2.26. The van der Waals surface area contributed by atoms with Crippen molar-refractivity contribution in [2.45, 2.75) is 37.1 Å². The molecule has 5 rings (SSSR count). The summed E-state index contributed by atoms with van der Waals surface area (Å²) in [6, 6.07) is 5.12. The molecule has 29 heavy (non-hydrogen) atoms. The number of carbonyl (C=O) groups is 2. The fourth-order valence-electron chi connectivity index (χ4n) is 5.20. The summed E-state index contributed by atoms with van der Waals surface area (Å²) >= 11 is 4.68. The summed E-state index contributed by atoms with van der Waals surface area (Å²) < 4.78 is 19.4. The number of rotatable bonds is 4. The first-order chi connectivity index (χ1) is 13.9. The number of anilines is 1. The van der Waals surface area contributed by atoms with Crippen LogP contribution in [-0.4, -0.2) is 49.6 Å². The number of ether oxygens (including phenoxy) is 1. The summed E-state index contributed by atoms with van der Waals surface area (Å²) in [4.78, 5) is 28.1. The normalized spacial score (nSPS) is 35.5. The number of aliphatic hydroxyl groups is 1. The van der Waals surface area contributed by atoms with Crippen molar-refractivity contribution in [3.8, 4) is 6.07 Å². The van der Waals surface area contributed by atoms with Crippen LogP contribution in [0.15, 0.2) is 12.1 Å². The number of nitrogens with zero attached hydrogens (tertiary/aromatic N) is 4. The third-order valence-corrected chi connectivity index (χ3v) is 7.20. The monoisotopic (exact) mass is 432 g/mol. The molecule has 2 aromatic rings. The van der Waals surface area contributed by atoms with Crippen LogP contribution in [0.5, 0.6) is 0 Å². The van der Waals surface area contributed by atoms with Gasteiger partial charge >= 0.3 is 0 Å². The summed E-state index contributed by atoms with van der Waals surface area (Å²) in [7, 11) is 0. The quantitative estimate of drug-likeness (QED) is 0.420. The van der Waals surface area contributed by atoms with Gasteiger partial charge in [0.2, 0.25) is 11.8 Å². The second-order valence-corrected chi connectivity index (χ2v) is 8.61. The Balaban J connectivity index is 1.63. The van der Waals surface area contributed by atoms with E-state index in [2.05, 4.69) is 21.7 Å². The minimum absolute atomic E-state index is 0.216. The van der Waals surface area contributed by atoms with Gasteiger partial charge < -0.3 is 14.0 Å². The molecule has 5 atom stereocenters. The van der Waals surface area contributed by atoms with Crippen molar-refractivity contribution in [3.63, 3.8) is 0 Å². The molecule has 1 aromatic carbocycles. The van der Waals surface area contributed by atoms with E-state index in [-0.39, 0.29) is 13.0 Å². The van der Waals surface area contributed by atoms with Crippen molar-refractivity contribution in [2.75, 3.05) is 11.5 Å². The maximum atomic E-state index is 13.5. The van der Waals surface area contributed by atoms with E-state index < -0.39 is 41.0 Å². The molecular formula is C18H16N4O5S2. The highest BCUT2D eigenvalue weighted by molar-refractivity contribution is 7.75. The Morgan fingerprint density at radius 1 is 1.38 bits per heavy atom. The van der Waals surface area contributed by atoms with Crippen molar-refractivity contribution < 1.29 is 23.6 Å². The lowest BCUT2D eigenvalue weighted by Crippen LogP contribution is -2.49. The fourth-order valence-corrected chi connectivity index (χ4v) is 5.86. The van der Waals surface area contributed by atoms with Crippen LogP contribution in [0.4, 0.5) is 5.69 Å². The van der Waals surface area contributed by atoms with Crippen molar-refractivity contribution in [1.29, 1.82) is 5.26 Å². The fraction of sp³-hybridized carbons (Fsp3) is 0.500. The van der Waals surface area contributed by atoms with Gasteiger partial charge in [-0.1, -0.05) is 0 Å². The van der Waals surface area contributed by atoms with Crippen molar-refractivity contribution >= 4 is 53.2 Å². The molecule has 3 fully saturated rings. The van der Waals surface area contributed by atoms with E-state index in [0.717, 1.165) is 16.6 Å². The molecule has 1 N–H and O–H groups in total. The van der Waals surface area contributed by atoms with Gasteiger partial charge in [0.1, 0.15) is 22.7 Å². The van der Waals surface area contributed by atoms with Gasteiger partial charge in [-0.25, -0.2) is 4.90 Å². The third-order valence-electron chi connectivity index (χ3n) is 6.49. The number of aliphatic hydroxyl groups excluding tert-OH is 1. The van der Waals surface area contributed by atoms with Crippen LogP contribution in [0.2, 0.25) is 0 Å². The first kappa shape index (κ1) is 18.9. The van der Waals surface area contributed by atoms with Gasteiger partial charge in [-0.2, -0.15) is 14.0 Å². The number of fused-ring (bicyclic) bond motifs is 6. The number of imide groups is 1. The van der Waals surface area contributed by atoms with Crippen LogP contribution in [0, 0.1) is 23.2 Å². The lowest BCUT2D eigenvalue weighted by molar-refractivity contribution is -0.133. The van der Waals surface area contributed by atoms with Gasteiger partial charge in [0.05, 0.1) is 53.1 Å². The molecule has 0 aliphatic carbocycles. The topological polar surface area (TPSA) is 126 Å². The van der Waals surface area contributed by atoms with Crippen LogP contribution in [0.3, 0.4) is 0 Å². The summed E-state index contributed by atoms with van der Waals surface area (Å²) in [6.45, 7) is 1.90. The molecule has 150 valence electrons. The van der Waals surface area contributed by atoms with Gasteiger partial charge in [0.15, 0.2) is 0 Å². The number of aromatic nitrogens is 2. The number of thiol groups is 1. The summed E-state index contributed by atoms with van der Waals surface area (Å²) in [6.07, 6.45) is -0.296. The first-order valence-electron chi connectivity index (χ1n) is 9.06. The molecule has 2 unspecified atom stereocenters. The van der Waals surface area contributed by atoms with E-state index in [0.29, 0.717) is 28.7 Å². The van der Waals surface area contributed by atoms with Crippen molar-refractivity contribution in [1.82, 2.24) is 8.75 Å². The number of hydrogen-bond donors (Lipinski definition) is 2. The molecule has 3 saturated heterocycles. The van der Waals surface area contributed by atoms with Crippen LogP contribution in [0.25, 0.3) is 11.0 Å². The van der Waals surface area contributed by atoms with E-state index in [9.17, 15) is 20.0 Å². The number of hydrogen-bond acceptors (Lipinski definition) is 10. The zero-order chi connectivity index (χ0) is 20.6. The van der Waals surface area contributed by atoms with E-state index in [1.165, 1.54) is 6.07 Å². The molecule has 2 amide bonds. The van der Waals surface area contributed by atoms with Crippen LogP contribution >= 0.6 is 24.6 Å². The predicted octanol–water partition coefficient (Wildman–Crippen LogP) is 1.21. The smallest absolute Gasteiger partial charge is 0.240 e. The van der Waals surface area contributed by atoms with Gasteiger partial charge in [0, 0.05) is 12.8 Å². The maximum Gasteiger partial charge on any atom is 0.240 e. The Labute approximate surface area is 175 Å². The molecule has 11 heteroatoms. The van der Waals surface area contributed by atoms with E-state index >= 15 is 0 Å². The number of amides is 2. The number of benzene rings is 1. The summed E-state index contributed by atoms with van der Waals surface area (Å²) in [5.74, 6) is -2.37. The highest BCUT2D eigenvalue weighted by atomic mass is 32.1. The Morgan fingerprint density at radius 2 is 2.10 bits per heavy atom. The highest BCUT2D eigenvalue weighted by Crippen LogP contribution is 2.62. The highest BCUT2D eigenvalue weighted by Gasteiger charge is 2.77. The largest absolute Gasteiger partial charge is 0.390 e. The van der Waals surface area contributed by atoms with Crippen molar-refractivity contribution in [3.05, 3.63) is 17.7 Å². The molecule has 0 saturated carbocycles. The van der Waals surface area contributed by atoms with Gasteiger partial charge in [0.25, 0.3) is 0 Å².